The van der Waals surface area contributed by atoms with E-state index in [1.165, 1.54) is 29.8 Å². The molecular formula is C25H37N3O6S. The van der Waals surface area contributed by atoms with Gasteiger partial charge in [-0.3, -0.25) is 14.4 Å². The molecule has 2 N–H and O–H groups in total. The molecule has 0 heterocycles. The number of nitrogens with one attached hydrogen (secondary N) is 2. The lowest BCUT2D eigenvalue weighted by atomic mass is 9.98. The number of alkyl carbamates (subject to hydrolysis) is 1. The molecule has 10 heteroatoms. The number of nitrogens with zero attached hydrogens (tertiary/aromatic N) is 1. The van der Waals surface area contributed by atoms with Crippen molar-refractivity contribution in [3.8, 4) is 0 Å². The summed E-state index contributed by atoms with van der Waals surface area (Å²) in [4.78, 5) is 52.6. The molecule has 1 aromatic rings. The van der Waals surface area contributed by atoms with Gasteiger partial charge in [-0.25, -0.2) is 4.79 Å². The Balaban J connectivity index is 3.40. The van der Waals surface area contributed by atoms with Crippen molar-refractivity contribution in [2.45, 2.75) is 51.8 Å². The van der Waals surface area contributed by atoms with E-state index in [4.69, 9.17) is 4.74 Å². The molecule has 2 unspecified atom stereocenters. The van der Waals surface area contributed by atoms with Gasteiger partial charge in [-0.15, -0.1) is 6.58 Å². The smallest absolute Gasteiger partial charge is 0.408 e. The number of benzene rings is 1. The van der Waals surface area contributed by atoms with Crippen molar-refractivity contribution in [2.24, 2.45) is 0 Å². The van der Waals surface area contributed by atoms with Gasteiger partial charge in [0.05, 0.1) is 7.11 Å². The average molecular weight is 508 g/mol. The largest absolute Gasteiger partial charge is 0.468 e. The van der Waals surface area contributed by atoms with Crippen LogP contribution in [0.15, 0.2) is 36.9 Å². The Morgan fingerprint density at radius 1 is 1.20 bits per heavy atom. The van der Waals surface area contributed by atoms with Crippen LogP contribution in [-0.4, -0.2) is 72.6 Å². The van der Waals surface area contributed by atoms with E-state index in [2.05, 4.69) is 21.9 Å². The summed E-state index contributed by atoms with van der Waals surface area (Å²) in [6, 6.07) is 5.17. The molecule has 0 aliphatic carbocycles. The van der Waals surface area contributed by atoms with E-state index in [1.54, 1.807) is 32.9 Å². The standard InChI is InChI=1S/C25H37N3O6S/c1-8-14-28(23(31)19(13-15-35-7)27-24(32)34-25(3,4)5)21(18-12-10-9-11-17(18)2)22(30)26-16-20(29)33-6/h8-12,19,21H,1,13-16H2,2-7H3,(H,26,30)(H,27,32). The summed E-state index contributed by atoms with van der Waals surface area (Å²) in [6.45, 7) is 10.5. The molecule has 0 fully saturated rings. The summed E-state index contributed by atoms with van der Waals surface area (Å²) in [5.74, 6) is -1.04. The first kappa shape index (κ1) is 30.0. The van der Waals surface area contributed by atoms with Crippen LogP contribution in [0.3, 0.4) is 0 Å². The molecule has 3 amide bonds. The molecule has 1 aromatic carbocycles. The molecule has 9 nitrogen and oxygen atoms in total. The average Bonchev–Trinajstić information content (AvgIpc) is 2.79. The summed E-state index contributed by atoms with van der Waals surface area (Å²) in [6.07, 6.45) is 3.01. The second-order valence-corrected chi connectivity index (χ2v) is 9.80. The Hall–Kier alpha value is -3.01. The maximum absolute atomic E-state index is 13.8. The summed E-state index contributed by atoms with van der Waals surface area (Å²) in [5.41, 5.74) is 0.634. The second-order valence-electron chi connectivity index (χ2n) is 8.81. The predicted molar refractivity (Wildman–Crippen MR) is 137 cm³/mol. The molecule has 2 atom stereocenters. The zero-order valence-corrected chi connectivity index (χ0v) is 22.2. The zero-order chi connectivity index (χ0) is 26.6. The first-order valence-electron chi connectivity index (χ1n) is 11.2. The summed E-state index contributed by atoms with van der Waals surface area (Å²) < 4.78 is 9.97. The number of carbonyl (C=O) groups excluding carboxylic acids is 4. The van der Waals surface area contributed by atoms with Crippen LogP contribution in [0.5, 0.6) is 0 Å². The van der Waals surface area contributed by atoms with E-state index in [0.717, 1.165) is 5.56 Å². The number of hydrogen-bond acceptors (Lipinski definition) is 7. The third-order valence-electron chi connectivity index (χ3n) is 4.89. The minimum Gasteiger partial charge on any atom is -0.468 e. The highest BCUT2D eigenvalue weighted by atomic mass is 32.2. The maximum atomic E-state index is 13.8. The normalized spacial score (nSPS) is 12.6. The molecular weight excluding hydrogens is 470 g/mol. The van der Waals surface area contributed by atoms with Crippen molar-refractivity contribution in [1.82, 2.24) is 15.5 Å². The van der Waals surface area contributed by atoms with Crippen molar-refractivity contribution >= 4 is 35.6 Å². The summed E-state index contributed by atoms with van der Waals surface area (Å²) >= 11 is 1.53. The first-order valence-corrected chi connectivity index (χ1v) is 12.6. The van der Waals surface area contributed by atoms with Crippen molar-refractivity contribution in [2.75, 3.05) is 32.2 Å². The number of methoxy groups -OCH3 is 1. The quantitative estimate of drug-likeness (QED) is 0.330. The van der Waals surface area contributed by atoms with Crippen molar-refractivity contribution in [1.29, 1.82) is 0 Å². The number of amides is 3. The van der Waals surface area contributed by atoms with Gasteiger partial charge in [-0.1, -0.05) is 30.3 Å². The molecule has 0 radical (unpaired) electrons. The number of rotatable bonds is 12. The minimum atomic E-state index is -1.07. The predicted octanol–water partition coefficient (Wildman–Crippen LogP) is 2.99. The van der Waals surface area contributed by atoms with Crippen LogP contribution >= 0.6 is 11.8 Å². The van der Waals surface area contributed by atoms with Gasteiger partial charge < -0.3 is 25.0 Å². The van der Waals surface area contributed by atoms with E-state index in [0.29, 0.717) is 17.7 Å². The molecule has 0 aliphatic rings. The summed E-state index contributed by atoms with van der Waals surface area (Å²) in [5, 5.41) is 5.21. The van der Waals surface area contributed by atoms with Gasteiger partial charge in [0.15, 0.2) is 0 Å². The van der Waals surface area contributed by atoms with Crippen LogP contribution in [0.25, 0.3) is 0 Å². The summed E-state index contributed by atoms with van der Waals surface area (Å²) in [7, 11) is 1.22. The topological polar surface area (TPSA) is 114 Å². The first-order chi connectivity index (χ1) is 16.4. The van der Waals surface area contributed by atoms with Gasteiger partial charge in [-0.2, -0.15) is 11.8 Å². The molecule has 194 valence electrons. The third kappa shape index (κ3) is 10.0. The van der Waals surface area contributed by atoms with Crippen LogP contribution in [0.2, 0.25) is 0 Å². The SMILES string of the molecule is C=CCN(C(=O)C(CCSC)NC(=O)OC(C)(C)C)C(C(=O)NCC(=O)OC)c1ccccc1C. The van der Waals surface area contributed by atoms with Gasteiger partial charge in [0.2, 0.25) is 11.8 Å². The molecule has 0 spiro atoms. The third-order valence-corrected chi connectivity index (χ3v) is 5.53. The number of ether oxygens (including phenoxy) is 2. The molecule has 0 saturated heterocycles. The van der Waals surface area contributed by atoms with E-state index < -0.39 is 41.6 Å². The zero-order valence-electron chi connectivity index (χ0n) is 21.4. The van der Waals surface area contributed by atoms with Gasteiger partial charge in [0, 0.05) is 6.54 Å². The monoisotopic (exact) mass is 507 g/mol. The number of thioether (sulfide) groups is 1. The fourth-order valence-corrected chi connectivity index (χ4v) is 3.75. The Morgan fingerprint density at radius 2 is 1.86 bits per heavy atom. The number of aryl methyl sites for hydroxylation is 1. The molecule has 35 heavy (non-hydrogen) atoms. The van der Waals surface area contributed by atoms with E-state index >= 15 is 0 Å². The Kier molecular flexibility index (Phi) is 12.4. The van der Waals surface area contributed by atoms with Gasteiger partial charge in [0.25, 0.3) is 0 Å². The molecule has 0 saturated carbocycles. The van der Waals surface area contributed by atoms with Crippen molar-refractivity contribution < 1.29 is 28.7 Å². The number of esters is 1. The van der Waals surface area contributed by atoms with Crippen LogP contribution in [0.4, 0.5) is 4.79 Å². The van der Waals surface area contributed by atoms with Crippen LogP contribution in [-0.2, 0) is 23.9 Å². The fourth-order valence-electron chi connectivity index (χ4n) is 3.28. The van der Waals surface area contributed by atoms with Crippen LogP contribution < -0.4 is 10.6 Å². The van der Waals surface area contributed by atoms with Gasteiger partial charge in [-0.05, 0) is 57.3 Å². The number of hydrogen-bond donors (Lipinski definition) is 2. The van der Waals surface area contributed by atoms with Crippen LogP contribution in [0.1, 0.15) is 44.4 Å². The lowest BCUT2D eigenvalue weighted by Gasteiger charge is -2.34. The van der Waals surface area contributed by atoms with Gasteiger partial charge >= 0.3 is 12.1 Å². The molecule has 0 aromatic heterocycles. The lowest BCUT2D eigenvalue weighted by molar-refractivity contribution is -0.144. The molecule has 0 aliphatic heterocycles. The van der Waals surface area contributed by atoms with Crippen LogP contribution in [0, 0.1) is 6.92 Å². The van der Waals surface area contributed by atoms with Gasteiger partial charge in [0.1, 0.15) is 24.2 Å². The fraction of sp³-hybridized carbons (Fsp3) is 0.520. The highest BCUT2D eigenvalue weighted by Gasteiger charge is 2.36. The number of carbonyl (C=O) groups is 4. The highest BCUT2D eigenvalue weighted by molar-refractivity contribution is 7.98. The Labute approximate surface area is 212 Å². The van der Waals surface area contributed by atoms with E-state index in [1.807, 2.05) is 25.3 Å². The maximum Gasteiger partial charge on any atom is 0.408 e. The highest BCUT2D eigenvalue weighted by Crippen LogP contribution is 2.26. The molecule has 1 rings (SSSR count). The Bertz CT molecular complexity index is 899. The van der Waals surface area contributed by atoms with Crippen molar-refractivity contribution in [3.63, 3.8) is 0 Å². The lowest BCUT2D eigenvalue weighted by Crippen LogP contribution is -2.53. The minimum absolute atomic E-state index is 0.0369. The Morgan fingerprint density at radius 3 is 2.40 bits per heavy atom. The second kappa shape index (κ2) is 14.4. The molecule has 0 bridgehead atoms. The van der Waals surface area contributed by atoms with Crippen molar-refractivity contribution in [3.05, 3.63) is 48.0 Å². The van der Waals surface area contributed by atoms with E-state index in [-0.39, 0.29) is 13.1 Å². The van der Waals surface area contributed by atoms with E-state index in [9.17, 15) is 19.2 Å².